The minimum atomic E-state index is 0.169. The second-order valence-electron chi connectivity index (χ2n) is 7.01. The average Bonchev–Trinajstić information content (AvgIpc) is 2.75. The van der Waals surface area contributed by atoms with Gasteiger partial charge in [0.25, 0.3) is 0 Å². The molecule has 2 saturated carbocycles. The van der Waals surface area contributed by atoms with Crippen LogP contribution < -0.4 is 5.32 Å². The third-order valence-electron chi connectivity index (χ3n) is 4.21. The van der Waals surface area contributed by atoms with Crippen LogP contribution in [0.3, 0.4) is 0 Å². The SMILES string of the molecule is CC(C)(C)NCCc1ncc(C2CC3CC3C2)o1. The first-order valence-electron chi connectivity index (χ1n) is 7.21. The van der Waals surface area contributed by atoms with Crippen molar-refractivity contribution in [2.24, 2.45) is 11.8 Å². The maximum Gasteiger partial charge on any atom is 0.195 e. The van der Waals surface area contributed by atoms with Gasteiger partial charge in [-0.2, -0.15) is 0 Å². The van der Waals surface area contributed by atoms with E-state index in [0.717, 1.165) is 36.5 Å². The molecule has 2 atom stereocenters. The van der Waals surface area contributed by atoms with Crippen LogP contribution >= 0.6 is 0 Å². The third kappa shape index (κ3) is 2.77. The number of oxazole rings is 1. The fraction of sp³-hybridized carbons (Fsp3) is 0.800. The molecule has 0 aliphatic heterocycles. The molecule has 3 heteroatoms. The Balaban J connectivity index is 1.50. The van der Waals surface area contributed by atoms with Gasteiger partial charge in [0.2, 0.25) is 0 Å². The normalized spacial score (nSPS) is 30.5. The van der Waals surface area contributed by atoms with Crippen molar-refractivity contribution < 1.29 is 4.42 Å². The van der Waals surface area contributed by atoms with Crippen LogP contribution in [0.5, 0.6) is 0 Å². The number of aromatic nitrogens is 1. The Bertz CT molecular complexity index is 408. The number of nitrogens with one attached hydrogen (secondary N) is 1. The lowest BCUT2D eigenvalue weighted by Crippen LogP contribution is -2.37. The summed E-state index contributed by atoms with van der Waals surface area (Å²) in [7, 11) is 0. The van der Waals surface area contributed by atoms with Crippen molar-refractivity contribution >= 4 is 0 Å². The van der Waals surface area contributed by atoms with Gasteiger partial charge in [-0.25, -0.2) is 4.98 Å². The summed E-state index contributed by atoms with van der Waals surface area (Å²) < 4.78 is 5.90. The molecule has 1 heterocycles. The molecule has 1 aromatic rings. The fourth-order valence-electron chi connectivity index (χ4n) is 3.12. The maximum absolute atomic E-state index is 5.90. The van der Waals surface area contributed by atoms with Crippen LogP contribution in [0, 0.1) is 11.8 Å². The highest BCUT2D eigenvalue weighted by Gasteiger charge is 2.47. The molecule has 2 aliphatic carbocycles. The van der Waals surface area contributed by atoms with Gasteiger partial charge >= 0.3 is 0 Å². The highest BCUT2D eigenvalue weighted by atomic mass is 16.4. The van der Waals surface area contributed by atoms with E-state index in [4.69, 9.17) is 4.42 Å². The van der Waals surface area contributed by atoms with Crippen molar-refractivity contribution in [3.63, 3.8) is 0 Å². The van der Waals surface area contributed by atoms with E-state index >= 15 is 0 Å². The van der Waals surface area contributed by atoms with E-state index in [0.29, 0.717) is 5.92 Å². The fourth-order valence-corrected chi connectivity index (χ4v) is 3.12. The standard InChI is InChI=1S/C15H24N2O/c1-15(2,3)17-5-4-14-16-9-13(18-14)12-7-10-6-11(10)8-12/h9-12,17H,4-8H2,1-3H3. The zero-order valence-corrected chi connectivity index (χ0v) is 11.7. The molecule has 0 radical (unpaired) electrons. The maximum atomic E-state index is 5.90. The Morgan fingerprint density at radius 2 is 2.00 bits per heavy atom. The quantitative estimate of drug-likeness (QED) is 0.889. The Morgan fingerprint density at radius 3 is 2.67 bits per heavy atom. The van der Waals surface area contributed by atoms with E-state index in [9.17, 15) is 0 Å². The molecule has 1 N–H and O–H groups in total. The summed E-state index contributed by atoms with van der Waals surface area (Å²) in [6.45, 7) is 7.47. The van der Waals surface area contributed by atoms with Crippen LogP contribution in [-0.4, -0.2) is 17.1 Å². The van der Waals surface area contributed by atoms with E-state index in [2.05, 4.69) is 31.1 Å². The molecule has 0 bridgehead atoms. The number of nitrogens with zero attached hydrogens (tertiary/aromatic N) is 1. The van der Waals surface area contributed by atoms with Crippen molar-refractivity contribution in [3.05, 3.63) is 17.8 Å². The molecule has 0 aromatic carbocycles. The molecule has 2 fully saturated rings. The minimum Gasteiger partial charge on any atom is -0.445 e. The van der Waals surface area contributed by atoms with Gasteiger partial charge in [-0.1, -0.05) is 0 Å². The molecule has 1 aromatic heterocycles. The Morgan fingerprint density at radius 1 is 1.28 bits per heavy atom. The Hall–Kier alpha value is -0.830. The summed E-state index contributed by atoms with van der Waals surface area (Å²) in [5, 5.41) is 3.46. The number of hydrogen-bond acceptors (Lipinski definition) is 3. The predicted molar refractivity (Wildman–Crippen MR) is 71.5 cm³/mol. The molecular weight excluding hydrogens is 224 g/mol. The molecular formula is C15H24N2O. The van der Waals surface area contributed by atoms with Crippen molar-refractivity contribution in [2.45, 2.75) is 57.9 Å². The molecule has 100 valence electrons. The van der Waals surface area contributed by atoms with E-state index in [1.165, 1.54) is 19.3 Å². The zero-order valence-electron chi connectivity index (χ0n) is 11.7. The van der Waals surface area contributed by atoms with Gasteiger partial charge in [-0.05, 0) is 51.9 Å². The first-order chi connectivity index (χ1) is 8.51. The molecule has 2 unspecified atom stereocenters. The van der Waals surface area contributed by atoms with Crippen molar-refractivity contribution in [2.75, 3.05) is 6.54 Å². The van der Waals surface area contributed by atoms with Gasteiger partial charge in [0.05, 0.1) is 6.20 Å². The lowest BCUT2D eigenvalue weighted by Gasteiger charge is -2.19. The van der Waals surface area contributed by atoms with Crippen LogP contribution in [0.15, 0.2) is 10.6 Å². The number of rotatable bonds is 4. The topological polar surface area (TPSA) is 38.1 Å². The molecule has 0 saturated heterocycles. The van der Waals surface area contributed by atoms with Crippen molar-refractivity contribution in [1.82, 2.24) is 10.3 Å². The second kappa shape index (κ2) is 4.37. The second-order valence-corrected chi connectivity index (χ2v) is 7.01. The van der Waals surface area contributed by atoms with Gasteiger partial charge in [0, 0.05) is 24.4 Å². The van der Waals surface area contributed by atoms with Crippen LogP contribution in [0.2, 0.25) is 0 Å². The van der Waals surface area contributed by atoms with Crippen molar-refractivity contribution in [1.29, 1.82) is 0 Å². The summed E-state index contributed by atoms with van der Waals surface area (Å²) in [4.78, 5) is 4.41. The van der Waals surface area contributed by atoms with Gasteiger partial charge in [0.1, 0.15) is 5.76 Å². The van der Waals surface area contributed by atoms with Crippen molar-refractivity contribution in [3.8, 4) is 0 Å². The Kier molecular flexibility index (Phi) is 2.97. The van der Waals surface area contributed by atoms with Gasteiger partial charge in [0.15, 0.2) is 5.89 Å². The first-order valence-corrected chi connectivity index (χ1v) is 7.21. The summed E-state index contributed by atoms with van der Waals surface area (Å²) in [6.07, 6.45) is 6.98. The number of fused-ring (bicyclic) bond motifs is 1. The first kappa shape index (κ1) is 12.2. The molecule has 3 nitrogen and oxygen atoms in total. The molecule has 0 amide bonds. The summed E-state index contributed by atoms with van der Waals surface area (Å²) >= 11 is 0. The lowest BCUT2D eigenvalue weighted by molar-refractivity contribution is 0.387. The van der Waals surface area contributed by atoms with Crippen LogP contribution in [-0.2, 0) is 6.42 Å². The molecule has 3 rings (SSSR count). The van der Waals surface area contributed by atoms with Crippen LogP contribution in [0.1, 0.15) is 57.6 Å². The van der Waals surface area contributed by atoms with Crippen LogP contribution in [0.4, 0.5) is 0 Å². The summed E-state index contributed by atoms with van der Waals surface area (Å²) in [5.41, 5.74) is 0.169. The van der Waals surface area contributed by atoms with E-state index in [1.54, 1.807) is 0 Å². The Labute approximate surface area is 109 Å². The summed E-state index contributed by atoms with van der Waals surface area (Å²) in [5.74, 6) is 4.69. The summed E-state index contributed by atoms with van der Waals surface area (Å²) in [6, 6.07) is 0. The van der Waals surface area contributed by atoms with Gasteiger partial charge in [-0.3, -0.25) is 0 Å². The van der Waals surface area contributed by atoms with E-state index < -0.39 is 0 Å². The highest BCUT2D eigenvalue weighted by Crippen LogP contribution is 2.57. The predicted octanol–water partition coefficient (Wildman–Crippen LogP) is 3.12. The minimum absolute atomic E-state index is 0.169. The monoisotopic (exact) mass is 248 g/mol. The third-order valence-corrected chi connectivity index (χ3v) is 4.21. The smallest absolute Gasteiger partial charge is 0.195 e. The van der Waals surface area contributed by atoms with Gasteiger partial charge in [-0.15, -0.1) is 0 Å². The molecule has 18 heavy (non-hydrogen) atoms. The van der Waals surface area contributed by atoms with E-state index in [-0.39, 0.29) is 5.54 Å². The van der Waals surface area contributed by atoms with E-state index in [1.807, 2.05) is 6.20 Å². The lowest BCUT2D eigenvalue weighted by atomic mass is 10.0. The van der Waals surface area contributed by atoms with Crippen LogP contribution in [0.25, 0.3) is 0 Å². The zero-order chi connectivity index (χ0) is 12.8. The average molecular weight is 248 g/mol. The molecule has 2 aliphatic rings. The number of hydrogen-bond donors (Lipinski definition) is 1. The molecule has 0 spiro atoms. The largest absolute Gasteiger partial charge is 0.445 e. The van der Waals surface area contributed by atoms with Gasteiger partial charge < -0.3 is 9.73 Å². The highest BCUT2D eigenvalue weighted by molar-refractivity contribution is 5.11.